The van der Waals surface area contributed by atoms with Crippen molar-refractivity contribution in [1.82, 2.24) is 10.6 Å². The third-order valence-electron chi connectivity index (χ3n) is 2.79. The number of amides is 3. The van der Waals surface area contributed by atoms with Crippen LogP contribution in [0.2, 0.25) is 5.02 Å². The quantitative estimate of drug-likeness (QED) is 0.557. The molecule has 0 unspecified atom stereocenters. The van der Waals surface area contributed by atoms with Gasteiger partial charge >= 0.3 is 12.2 Å². The molecule has 1 aromatic rings. The number of benzene rings is 1. The standard InChI is InChI=1S/C15H19ClF3N3O4/c1-2-25-6-7-26-13-10(16)4-3-5-11(13)20-8-12(23)22-14(24)21-9-15(17,18)19/h3-5,20H,2,6-9H2,1H3,(H2,21,22,23,24). The van der Waals surface area contributed by atoms with E-state index in [1.165, 1.54) is 5.32 Å². The van der Waals surface area contributed by atoms with Crippen molar-refractivity contribution in [3.8, 4) is 5.75 Å². The van der Waals surface area contributed by atoms with E-state index >= 15 is 0 Å². The molecule has 0 radical (unpaired) electrons. The molecule has 0 aliphatic rings. The molecule has 0 aliphatic carbocycles. The number of nitrogens with one attached hydrogen (secondary N) is 3. The summed E-state index contributed by atoms with van der Waals surface area (Å²) < 4.78 is 46.6. The molecular weight excluding hydrogens is 379 g/mol. The largest absolute Gasteiger partial charge is 0.487 e. The molecule has 7 nitrogen and oxygen atoms in total. The van der Waals surface area contributed by atoms with E-state index in [2.05, 4.69) is 5.32 Å². The first-order valence-corrected chi connectivity index (χ1v) is 7.98. The second kappa shape index (κ2) is 10.7. The van der Waals surface area contributed by atoms with E-state index in [9.17, 15) is 22.8 Å². The summed E-state index contributed by atoms with van der Waals surface area (Å²) in [5.74, 6) is -0.534. The lowest BCUT2D eigenvalue weighted by Crippen LogP contribution is -2.45. The zero-order chi connectivity index (χ0) is 19.6. The lowest BCUT2D eigenvalue weighted by atomic mass is 10.3. The van der Waals surface area contributed by atoms with Crippen LogP contribution in [0.4, 0.5) is 23.7 Å². The number of para-hydroxylation sites is 1. The number of anilines is 1. The molecular formula is C15H19ClF3N3O4. The summed E-state index contributed by atoms with van der Waals surface area (Å²) >= 11 is 6.05. The smallest absolute Gasteiger partial charge is 0.405 e. The minimum Gasteiger partial charge on any atom is -0.487 e. The monoisotopic (exact) mass is 397 g/mol. The second-order valence-electron chi connectivity index (χ2n) is 4.86. The van der Waals surface area contributed by atoms with Gasteiger partial charge in [0.05, 0.1) is 23.9 Å². The van der Waals surface area contributed by atoms with Gasteiger partial charge in [-0.25, -0.2) is 4.79 Å². The third kappa shape index (κ3) is 8.77. The number of carbonyl (C=O) groups excluding carboxylic acids is 2. The van der Waals surface area contributed by atoms with E-state index in [0.29, 0.717) is 29.7 Å². The highest BCUT2D eigenvalue weighted by atomic mass is 35.5. The van der Waals surface area contributed by atoms with Crippen molar-refractivity contribution in [2.45, 2.75) is 13.1 Å². The Bertz CT molecular complexity index is 614. The SMILES string of the molecule is CCOCCOc1c(Cl)cccc1NCC(=O)NC(=O)NCC(F)(F)F. The highest BCUT2D eigenvalue weighted by Gasteiger charge is 2.27. The number of hydrogen-bond acceptors (Lipinski definition) is 5. The van der Waals surface area contributed by atoms with Gasteiger partial charge in [0.15, 0.2) is 5.75 Å². The molecule has 0 aliphatic heterocycles. The van der Waals surface area contributed by atoms with Crippen molar-refractivity contribution < 1.29 is 32.2 Å². The normalized spacial score (nSPS) is 11.0. The maximum absolute atomic E-state index is 12.0. The first-order valence-electron chi connectivity index (χ1n) is 7.60. The molecule has 0 fully saturated rings. The van der Waals surface area contributed by atoms with Gasteiger partial charge < -0.3 is 20.1 Å². The average Bonchev–Trinajstić information content (AvgIpc) is 2.56. The summed E-state index contributed by atoms with van der Waals surface area (Å²) in [6.45, 7) is 1.05. The third-order valence-corrected chi connectivity index (χ3v) is 3.08. The molecule has 0 saturated heterocycles. The molecule has 3 N–H and O–H groups in total. The van der Waals surface area contributed by atoms with E-state index in [4.69, 9.17) is 21.1 Å². The Morgan fingerprint density at radius 2 is 1.96 bits per heavy atom. The molecule has 0 saturated carbocycles. The lowest BCUT2D eigenvalue weighted by Gasteiger charge is -2.14. The number of alkyl halides is 3. The van der Waals surface area contributed by atoms with Crippen LogP contribution in [-0.2, 0) is 9.53 Å². The maximum atomic E-state index is 12.0. The van der Waals surface area contributed by atoms with E-state index in [1.807, 2.05) is 6.92 Å². The Kier molecular flexibility index (Phi) is 9.00. The van der Waals surface area contributed by atoms with Crippen LogP contribution in [0.5, 0.6) is 5.75 Å². The predicted octanol–water partition coefficient (Wildman–Crippen LogP) is 2.56. The fourth-order valence-electron chi connectivity index (χ4n) is 1.71. The molecule has 0 atom stereocenters. The minimum atomic E-state index is -4.56. The number of carbonyl (C=O) groups is 2. The minimum absolute atomic E-state index is 0.234. The number of ether oxygens (including phenoxy) is 2. The van der Waals surface area contributed by atoms with Crippen molar-refractivity contribution in [2.24, 2.45) is 0 Å². The Labute approximate surface area is 153 Å². The molecule has 0 heterocycles. The zero-order valence-corrected chi connectivity index (χ0v) is 14.7. The van der Waals surface area contributed by atoms with Gasteiger partial charge in [0, 0.05) is 6.61 Å². The number of hydrogen-bond donors (Lipinski definition) is 3. The van der Waals surface area contributed by atoms with Crippen LogP contribution in [0.3, 0.4) is 0 Å². The summed E-state index contributed by atoms with van der Waals surface area (Å²) in [7, 11) is 0. The van der Waals surface area contributed by atoms with Crippen LogP contribution in [0.15, 0.2) is 18.2 Å². The van der Waals surface area contributed by atoms with Crippen molar-refractivity contribution in [3.05, 3.63) is 23.2 Å². The van der Waals surface area contributed by atoms with E-state index in [-0.39, 0.29) is 13.2 Å². The van der Waals surface area contributed by atoms with Gasteiger partial charge in [0.1, 0.15) is 13.2 Å². The van der Waals surface area contributed by atoms with Gasteiger partial charge in [-0.1, -0.05) is 17.7 Å². The van der Waals surface area contributed by atoms with Crippen LogP contribution >= 0.6 is 11.6 Å². The number of halogens is 4. The van der Waals surface area contributed by atoms with Gasteiger partial charge in [0.25, 0.3) is 0 Å². The molecule has 1 aromatic carbocycles. The lowest BCUT2D eigenvalue weighted by molar-refractivity contribution is -0.124. The Morgan fingerprint density at radius 3 is 2.62 bits per heavy atom. The molecule has 0 bridgehead atoms. The number of urea groups is 1. The topological polar surface area (TPSA) is 88.7 Å². The summed E-state index contributed by atoms with van der Waals surface area (Å²) in [6.07, 6.45) is -4.56. The first-order chi connectivity index (χ1) is 12.2. The summed E-state index contributed by atoms with van der Waals surface area (Å²) in [6, 6.07) is 3.56. The van der Waals surface area contributed by atoms with Crippen molar-refractivity contribution in [1.29, 1.82) is 0 Å². The van der Waals surface area contributed by atoms with Crippen LogP contribution in [-0.4, -0.2) is 51.0 Å². The highest BCUT2D eigenvalue weighted by molar-refractivity contribution is 6.32. The Balaban J connectivity index is 2.51. The highest BCUT2D eigenvalue weighted by Crippen LogP contribution is 2.32. The molecule has 3 amide bonds. The number of rotatable bonds is 9. The number of imide groups is 1. The second-order valence-corrected chi connectivity index (χ2v) is 5.27. The molecule has 0 spiro atoms. The van der Waals surface area contributed by atoms with Crippen molar-refractivity contribution in [3.63, 3.8) is 0 Å². The van der Waals surface area contributed by atoms with Gasteiger partial charge in [-0.15, -0.1) is 0 Å². The van der Waals surface area contributed by atoms with Crippen LogP contribution in [0.1, 0.15) is 6.92 Å². The van der Waals surface area contributed by atoms with Crippen LogP contribution in [0.25, 0.3) is 0 Å². The first kappa shape index (κ1) is 21.8. The maximum Gasteiger partial charge on any atom is 0.405 e. The van der Waals surface area contributed by atoms with E-state index in [0.717, 1.165) is 0 Å². The van der Waals surface area contributed by atoms with Crippen molar-refractivity contribution >= 4 is 29.2 Å². The van der Waals surface area contributed by atoms with Gasteiger partial charge in [-0.05, 0) is 19.1 Å². The molecule has 1 rings (SSSR count). The fraction of sp³-hybridized carbons (Fsp3) is 0.467. The molecule has 146 valence electrons. The average molecular weight is 398 g/mol. The van der Waals surface area contributed by atoms with Crippen LogP contribution in [0, 0.1) is 0 Å². The fourth-order valence-corrected chi connectivity index (χ4v) is 1.94. The van der Waals surface area contributed by atoms with Crippen molar-refractivity contribution in [2.75, 3.05) is 38.2 Å². The molecule has 11 heteroatoms. The Morgan fingerprint density at radius 1 is 1.23 bits per heavy atom. The van der Waals surface area contributed by atoms with Gasteiger partial charge in [-0.3, -0.25) is 10.1 Å². The van der Waals surface area contributed by atoms with E-state index in [1.54, 1.807) is 23.5 Å². The summed E-state index contributed by atoms with van der Waals surface area (Å²) in [4.78, 5) is 22.8. The Hall–Kier alpha value is -2.20. The van der Waals surface area contributed by atoms with E-state index < -0.39 is 24.7 Å². The summed E-state index contributed by atoms with van der Waals surface area (Å²) in [5, 5.41) is 6.31. The molecule has 0 aromatic heterocycles. The van der Waals surface area contributed by atoms with Gasteiger partial charge in [-0.2, -0.15) is 13.2 Å². The van der Waals surface area contributed by atoms with Gasteiger partial charge in [0.2, 0.25) is 5.91 Å². The van der Waals surface area contributed by atoms with Crippen LogP contribution < -0.4 is 20.7 Å². The molecule has 26 heavy (non-hydrogen) atoms. The zero-order valence-electron chi connectivity index (χ0n) is 13.9. The summed E-state index contributed by atoms with van der Waals surface area (Å²) in [5.41, 5.74) is 0.389. The predicted molar refractivity (Wildman–Crippen MR) is 89.5 cm³/mol.